The molecule has 31 heavy (non-hydrogen) atoms. The van der Waals surface area contributed by atoms with Crippen molar-refractivity contribution in [3.05, 3.63) is 119 Å². The first-order valence-corrected chi connectivity index (χ1v) is 9.75. The molecule has 0 radical (unpaired) electrons. The Bertz CT molecular complexity index is 1190. The maximum Gasteiger partial charge on any atom is 0.276 e. The minimum atomic E-state index is -0.304. The van der Waals surface area contributed by atoms with Gasteiger partial charge >= 0.3 is 0 Å². The van der Waals surface area contributed by atoms with E-state index in [-0.39, 0.29) is 5.82 Å². The predicted molar refractivity (Wildman–Crippen MR) is 116 cm³/mol. The Kier molecular flexibility index (Phi) is 6.51. The van der Waals surface area contributed by atoms with Crippen molar-refractivity contribution in [3.63, 3.8) is 0 Å². The van der Waals surface area contributed by atoms with Crippen LogP contribution in [0, 0.1) is 17.7 Å². The fourth-order valence-electron chi connectivity index (χ4n) is 2.76. The largest absolute Gasteiger partial charge is 0.483 e. The standard InChI is InChI=1S/C26H19FN2O2/c27-23-14-11-20(12-15-23)13-16-24-17-25(30-18-21-7-3-1-4-8-21)26(29-28-24)31-19-22-9-5-2-6-10-22/h1-12,14-15,17H,18-19H2. The first kappa shape index (κ1) is 20.1. The summed E-state index contributed by atoms with van der Waals surface area (Å²) in [4.78, 5) is 0. The van der Waals surface area contributed by atoms with Crippen LogP contribution in [0.15, 0.2) is 91.0 Å². The Morgan fingerprint density at radius 2 is 1.29 bits per heavy atom. The van der Waals surface area contributed by atoms with Gasteiger partial charge in [-0.1, -0.05) is 66.6 Å². The van der Waals surface area contributed by atoms with Gasteiger partial charge in [0.25, 0.3) is 5.88 Å². The zero-order chi connectivity index (χ0) is 21.3. The molecule has 4 rings (SSSR count). The maximum absolute atomic E-state index is 13.1. The molecule has 0 aliphatic heterocycles. The minimum absolute atomic E-state index is 0.298. The number of hydrogen-bond acceptors (Lipinski definition) is 4. The van der Waals surface area contributed by atoms with Gasteiger partial charge in [0.05, 0.1) is 0 Å². The van der Waals surface area contributed by atoms with Crippen molar-refractivity contribution in [2.75, 3.05) is 0 Å². The highest BCUT2D eigenvalue weighted by atomic mass is 19.1. The van der Waals surface area contributed by atoms with Crippen molar-refractivity contribution < 1.29 is 13.9 Å². The Labute approximate surface area is 180 Å². The number of hydrogen-bond donors (Lipinski definition) is 0. The molecule has 0 spiro atoms. The van der Waals surface area contributed by atoms with E-state index >= 15 is 0 Å². The lowest BCUT2D eigenvalue weighted by atomic mass is 10.2. The topological polar surface area (TPSA) is 44.2 Å². The van der Waals surface area contributed by atoms with Crippen LogP contribution >= 0.6 is 0 Å². The van der Waals surface area contributed by atoms with E-state index in [0.717, 1.165) is 11.1 Å². The van der Waals surface area contributed by atoms with E-state index in [1.807, 2.05) is 60.7 Å². The lowest BCUT2D eigenvalue weighted by molar-refractivity contribution is 0.244. The third-order valence-corrected chi connectivity index (χ3v) is 4.36. The van der Waals surface area contributed by atoms with Gasteiger partial charge in [-0.3, -0.25) is 0 Å². The Morgan fingerprint density at radius 3 is 1.94 bits per heavy atom. The predicted octanol–water partition coefficient (Wildman–Crippen LogP) is 5.17. The first-order chi connectivity index (χ1) is 15.3. The highest BCUT2D eigenvalue weighted by Gasteiger charge is 2.11. The van der Waals surface area contributed by atoms with Crippen LogP contribution < -0.4 is 9.47 Å². The van der Waals surface area contributed by atoms with Gasteiger partial charge in [0.15, 0.2) is 5.75 Å². The molecule has 0 saturated carbocycles. The van der Waals surface area contributed by atoms with Crippen LogP contribution in [0.4, 0.5) is 4.39 Å². The summed E-state index contributed by atoms with van der Waals surface area (Å²) in [6.45, 7) is 0.705. The van der Waals surface area contributed by atoms with Gasteiger partial charge in [0.1, 0.15) is 24.7 Å². The molecule has 0 bridgehead atoms. The van der Waals surface area contributed by atoms with E-state index in [1.165, 1.54) is 12.1 Å². The molecule has 1 heterocycles. The Hall–Kier alpha value is -4.17. The number of halogens is 1. The van der Waals surface area contributed by atoms with E-state index in [9.17, 15) is 4.39 Å². The summed E-state index contributed by atoms with van der Waals surface area (Å²) in [7, 11) is 0. The summed E-state index contributed by atoms with van der Waals surface area (Å²) in [5.74, 6) is 6.34. The second kappa shape index (κ2) is 10.0. The third-order valence-electron chi connectivity index (χ3n) is 4.36. The maximum atomic E-state index is 13.1. The molecule has 0 saturated heterocycles. The number of ether oxygens (including phenoxy) is 2. The van der Waals surface area contributed by atoms with Crippen molar-refractivity contribution in [1.82, 2.24) is 10.2 Å². The number of rotatable bonds is 6. The average Bonchev–Trinajstić information content (AvgIpc) is 2.83. The fraction of sp³-hybridized carbons (Fsp3) is 0.0769. The molecule has 0 atom stereocenters. The molecular weight excluding hydrogens is 391 g/mol. The Morgan fingerprint density at radius 1 is 0.677 bits per heavy atom. The van der Waals surface area contributed by atoms with Gasteiger partial charge in [-0.05, 0) is 41.3 Å². The van der Waals surface area contributed by atoms with E-state index < -0.39 is 0 Å². The van der Waals surface area contributed by atoms with Crippen LogP contribution in [0.2, 0.25) is 0 Å². The van der Waals surface area contributed by atoms with Gasteiger partial charge in [0.2, 0.25) is 0 Å². The molecule has 0 aliphatic rings. The molecule has 0 aliphatic carbocycles. The quantitative estimate of drug-likeness (QED) is 0.411. The second-order valence-electron chi connectivity index (χ2n) is 6.70. The molecule has 0 fully saturated rings. The van der Waals surface area contributed by atoms with Crippen molar-refractivity contribution >= 4 is 0 Å². The van der Waals surface area contributed by atoms with Crippen LogP contribution in [0.1, 0.15) is 22.4 Å². The zero-order valence-corrected chi connectivity index (χ0v) is 16.7. The van der Waals surface area contributed by atoms with Crippen LogP contribution in [-0.4, -0.2) is 10.2 Å². The van der Waals surface area contributed by atoms with Gasteiger partial charge < -0.3 is 9.47 Å². The molecule has 0 N–H and O–H groups in total. The minimum Gasteiger partial charge on any atom is -0.483 e. The number of benzene rings is 3. The second-order valence-corrected chi connectivity index (χ2v) is 6.70. The SMILES string of the molecule is Fc1ccc(C#Cc2cc(OCc3ccccc3)c(OCc3ccccc3)nn2)cc1. The van der Waals surface area contributed by atoms with Gasteiger partial charge in [-0.2, -0.15) is 0 Å². The van der Waals surface area contributed by atoms with E-state index in [2.05, 4.69) is 22.0 Å². The van der Waals surface area contributed by atoms with Crippen LogP contribution in [0.25, 0.3) is 0 Å². The van der Waals surface area contributed by atoms with Crippen molar-refractivity contribution in [1.29, 1.82) is 0 Å². The van der Waals surface area contributed by atoms with Crippen LogP contribution in [0.5, 0.6) is 11.6 Å². The van der Waals surface area contributed by atoms with Crippen LogP contribution in [0.3, 0.4) is 0 Å². The molecule has 5 heteroatoms. The Balaban J connectivity index is 1.55. The van der Waals surface area contributed by atoms with Gasteiger partial charge in [0, 0.05) is 11.6 Å². The molecule has 3 aromatic carbocycles. The van der Waals surface area contributed by atoms with E-state index in [4.69, 9.17) is 9.47 Å². The third kappa shape index (κ3) is 5.91. The molecular formula is C26H19FN2O2. The van der Waals surface area contributed by atoms with E-state index in [1.54, 1.807) is 18.2 Å². The summed E-state index contributed by atoms with van der Waals surface area (Å²) in [5.41, 5.74) is 3.14. The molecule has 4 nitrogen and oxygen atoms in total. The summed E-state index contributed by atoms with van der Waals surface area (Å²) in [6, 6.07) is 27.3. The summed E-state index contributed by atoms with van der Waals surface area (Å²) in [6.07, 6.45) is 0. The van der Waals surface area contributed by atoms with E-state index in [0.29, 0.717) is 36.1 Å². The van der Waals surface area contributed by atoms with Crippen LogP contribution in [-0.2, 0) is 13.2 Å². The summed E-state index contributed by atoms with van der Waals surface area (Å²) >= 11 is 0. The first-order valence-electron chi connectivity index (χ1n) is 9.75. The molecule has 0 unspecified atom stereocenters. The molecule has 0 amide bonds. The molecule has 152 valence electrons. The average molecular weight is 410 g/mol. The van der Waals surface area contributed by atoms with Crippen molar-refractivity contribution in [2.45, 2.75) is 13.2 Å². The van der Waals surface area contributed by atoms with Gasteiger partial charge in [-0.25, -0.2) is 4.39 Å². The zero-order valence-electron chi connectivity index (χ0n) is 16.7. The monoisotopic (exact) mass is 410 g/mol. The highest BCUT2D eigenvalue weighted by Crippen LogP contribution is 2.26. The van der Waals surface area contributed by atoms with Crippen molar-refractivity contribution in [3.8, 4) is 23.5 Å². The molecule has 1 aromatic heterocycles. The normalized spacial score (nSPS) is 10.1. The summed E-state index contributed by atoms with van der Waals surface area (Å²) < 4.78 is 24.9. The highest BCUT2D eigenvalue weighted by molar-refractivity contribution is 5.44. The lowest BCUT2D eigenvalue weighted by Crippen LogP contribution is -2.04. The van der Waals surface area contributed by atoms with Gasteiger partial charge in [-0.15, -0.1) is 10.2 Å². The summed E-state index contributed by atoms with van der Waals surface area (Å²) in [5, 5.41) is 8.31. The fourth-order valence-corrected chi connectivity index (χ4v) is 2.76. The number of nitrogens with zero attached hydrogens (tertiary/aromatic N) is 2. The number of aromatic nitrogens is 2. The lowest BCUT2D eigenvalue weighted by Gasteiger charge is -2.11. The smallest absolute Gasteiger partial charge is 0.276 e. The molecule has 4 aromatic rings. The van der Waals surface area contributed by atoms with Crippen molar-refractivity contribution in [2.24, 2.45) is 0 Å².